The van der Waals surface area contributed by atoms with E-state index < -0.39 is 11.2 Å². The molecule has 0 radical (unpaired) electrons. The van der Waals surface area contributed by atoms with Gasteiger partial charge in [-0.3, -0.25) is 4.79 Å². The lowest BCUT2D eigenvalue weighted by Gasteiger charge is -2.05. The summed E-state index contributed by atoms with van der Waals surface area (Å²) in [5, 5.41) is 4.54. The molecule has 0 aliphatic heterocycles. The molecule has 5 heteroatoms. The molecule has 0 aliphatic carbocycles. The van der Waals surface area contributed by atoms with E-state index in [0.29, 0.717) is 0 Å². The second kappa shape index (κ2) is 3.72. The second-order valence-corrected chi connectivity index (χ2v) is 2.99. The number of Topliss-reactive ketones (excluding diaryl/α,β-unsaturated/α-hetero) is 1. The lowest BCUT2D eigenvalue weighted by atomic mass is 10.1. The molecule has 0 aliphatic rings. The summed E-state index contributed by atoms with van der Waals surface area (Å²) in [6, 6.07) is 6.73. The van der Waals surface area contributed by atoms with Crippen LogP contribution in [0.4, 0.5) is 8.78 Å². The van der Waals surface area contributed by atoms with E-state index in [9.17, 15) is 13.6 Å². The van der Waals surface area contributed by atoms with Crippen LogP contribution in [0.2, 0.25) is 0 Å². The molecule has 0 saturated carbocycles. The van der Waals surface area contributed by atoms with Crippen LogP contribution in [0.25, 0.3) is 0 Å². The monoisotopic (exact) mass is 215 g/mol. The standard InChI is InChI=1S/C9H4ClF2NO/c10-9(11,12)8(14)7-3-1-2-6(4-7)5-13/h1-4H. The van der Waals surface area contributed by atoms with Crippen molar-refractivity contribution in [1.29, 1.82) is 5.26 Å². The van der Waals surface area contributed by atoms with Gasteiger partial charge in [-0.2, -0.15) is 14.0 Å². The third kappa shape index (κ3) is 2.27. The van der Waals surface area contributed by atoms with Crippen molar-refractivity contribution >= 4 is 17.4 Å². The zero-order valence-electron chi connectivity index (χ0n) is 6.80. The minimum Gasteiger partial charge on any atom is -0.286 e. The first-order valence-corrected chi connectivity index (χ1v) is 3.94. The van der Waals surface area contributed by atoms with Gasteiger partial charge < -0.3 is 0 Å². The molecule has 14 heavy (non-hydrogen) atoms. The van der Waals surface area contributed by atoms with Crippen LogP contribution in [-0.2, 0) is 0 Å². The molecule has 0 fully saturated rings. The van der Waals surface area contributed by atoms with Crippen molar-refractivity contribution in [2.24, 2.45) is 0 Å². The number of alkyl halides is 3. The number of carbonyl (C=O) groups is 1. The largest absolute Gasteiger partial charge is 0.384 e. The first kappa shape index (κ1) is 10.6. The van der Waals surface area contributed by atoms with Crippen LogP contribution in [0.15, 0.2) is 24.3 Å². The highest BCUT2D eigenvalue weighted by atomic mass is 35.5. The molecule has 0 N–H and O–H groups in total. The lowest BCUT2D eigenvalue weighted by molar-refractivity contribution is 0.0536. The van der Waals surface area contributed by atoms with Crippen LogP contribution in [0.1, 0.15) is 15.9 Å². The molecular weight excluding hydrogens is 212 g/mol. The quantitative estimate of drug-likeness (QED) is 0.562. The van der Waals surface area contributed by atoms with Gasteiger partial charge in [-0.15, -0.1) is 0 Å². The zero-order chi connectivity index (χ0) is 10.8. The van der Waals surface area contributed by atoms with Gasteiger partial charge in [-0.05, 0) is 23.7 Å². The van der Waals surface area contributed by atoms with E-state index in [0.717, 1.165) is 6.07 Å². The molecule has 0 atom stereocenters. The Labute approximate surface area is 83.7 Å². The number of carbonyl (C=O) groups excluding carboxylic acids is 1. The Bertz CT molecular complexity index is 406. The Balaban J connectivity index is 3.10. The highest BCUT2D eigenvalue weighted by Gasteiger charge is 2.36. The summed E-state index contributed by atoms with van der Waals surface area (Å²) in [6.45, 7) is 0. The summed E-state index contributed by atoms with van der Waals surface area (Å²) in [5.74, 6) is -1.50. The van der Waals surface area contributed by atoms with Gasteiger partial charge in [-0.25, -0.2) is 0 Å². The van der Waals surface area contributed by atoms with Crippen molar-refractivity contribution < 1.29 is 13.6 Å². The third-order valence-corrected chi connectivity index (χ3v) is 1.68. The number of ketones is 1. The number of rotatable bonds is 2. The molecule has 0 spiro atoms. The molecule has 72 valence electrons. The van der Waals surface area contributed by atoms with Gasteiger partial charge in [0.05, 0.1) is 11.6 Å². The molecule has 1 aromatic carbocycles. The van der Waals surface area contributed by atoms with Crippen LogP contribution in [-0.4, -0.2) is 11.2 Å². The Morgan fingerprint density at radius 3 is 2.64 bits per heavy atom. The van der Waals surface area contributed by atoms with Crippen molar-refractivity contribution in [3.63, 3.8) is 0 Å². The van der Waals surface area contributed by atoms with Crippen LogP contribution in [0, 0.1) is 11.3 Å². The molecule has 1 rings (SSSR count). The average molecular weight is 216 g/mol. The number of hydrogen-bond acceptors (Lipinski definition) is 2. The fraction of sp³-hybridized carbons (Fsp3) is 0.111. The van der Waals surface area contributed by atoms with Gasteiger partial charge in [0, 0.05) is 5.56 Å². The molecular formula is C9H4ClF2NO. The van der Waals surface area contributed by atoms with Gasteiger partial charge in [0.2, 0.25) is 5.78 Å². The van der Waals surface area contributed by atoms with Crippen LogP contribution in [0.3, 0.4) is 0 Å². The highest BCUT2D eigenvalue weighted by molar-refractivity contribution is 6.35. The third-order valence-electron chi connectivity index (χ3n) is 1.51. The van der Waals surface area contributed by atoms with E-state index in [-0.39, 0.29) is 11.1 Å². The number of hydrogen-bond donors (Lipinski definition) is 0. The number of nitrogens with zero attached hydrogens (tertiary/aromatic N) is 1. The Morgan fingerprint density at radius 2 is 2.14 bits per heavy atom. The first-order chi connectivity index (χ1) is 6.45. The molecule has 0 heterocycles. The van der Waals surface area contributed by atoms with Gasteiger partial charge >= 0.3 is 5.38 Å². The second-order valence-electron chi connectivity index (χ2n) is 2.52. The van der Waals surface area contributed by atoms with Gasteiger partial charge in [0.25, 0.3) is 0 Å². The normalized spacial score (nSPS) is 10.7. The number of nitriles is 1. The fourth-order valence-electron chi connectivity index (χ4n) is 0.894. The predicted octanol–water partition coefficient (Wildman–Crippen LogP) is 2.57. The van der Waals surface area contributed by atoms with E-state index in [1.165, 1.54) is 18.2 Å². The van der Waals surface area contributed by atoms with E-state index in [2.05, 4.69) is 11.6 Å². The van der Waals surface area contributed by atoms with E-state index in [1.807, 2.05) is 0 Å². The predicted molar refractivity (Wildman–Crippen MR) is 46.3 cm³/mol. The smallest absolute Gasteiger partial charge is 0.286 e. The summed E-state index contributed by atoms with van der Waals surface area (Å²) < 4.78 is 24.7. The summed E-state index contributed by atoms with van der Waals surface area (Å²) >= 11 is 4.55. The number of benzene rings is 1. The molecule has 2 nitrogen and oxygen atoms in total. The van der Waals surface area contributed by atoms with Crippen molar-refractivity contribution in [2.45, 2.75) is 5.38 Å². The maximum absolute atomic E-state index is 12.4. The Kier molecular flexibility index (Phi) is 2.82. The minimum atomic E-state index is -3.92. The van der Waals surface area contributed by atoms with E-state index in [4.69, 9.17) is 5.26 Å². The van der Waals surface area contributed by atoms with Crippen LogP contribution in [0.5, 0.6) is 0 Å². The average Bonchev–Trinajstić information content (AvgIpc) is 2.15. The molecule has 0 aromatic heterocycles. The SMILES string of the molecule is N#Cc1cccc(C(=O)C(F)(F)Cl)c1. The van der Waals surface area contributed by atoms with E-state index >= 15 is 0 Å². The minimum absolute atomic E-state index is 0.136. The van der Waals surface area contributed by atoms with Crippen LogP contribution < -0.4 is 0 Å². The van der Waals surface area contributed by atoms with Crippen molar-refractivity contribution in [3.8, 4) is 6.07 Å². The molecule has 0 amide bonds. The molecule has 0 unspecified atom stereocenters. The fourth-order valence-corrected chi connectivity index (χ4v) is 1.00. The summed E-state index contributed by atoms with van der Waals surface area (Å²) in [7, 11) is 0. The zero-order valence-corrected chi connectivity index (χ0v) is 7.55. The first-order valence-electron chi connectivity index (χ1n) is 3.57. The summed E-state index contributed by atoms with van der Waals surface area (Å²) in [4.78, 5) is 10.9. The molecule has 1 aromatic rings. The number of halogens is 3. The maximum atomic E-state index is 12.4. The highest BCUT2D eigenvalue weighted by Crippen LogP contribution is 2.24. The van der Waals surface area contributed by atoms with Gasteiger partial charge in [0.1, 0.15) is 0 Å². The van der Waals surface area contributed by atoms with Crippen molar-refractivity contribution in [2.75, 3.05) is 0 Å². The summed E-state index contributed by atoms with van der Waals surface area (Å²) in [5.41, 5.74) is -0.138. The van der Waals surface area contributed by atoms with Gasteiger partial charge in [0.15, 0.2) is 0 Å². The van der Waals surface area contributed by atoms with Crippen LogP contribution >= 0.6 is 11.6 Å². The Morgan fingerprint density at radius 1 is 1.50 bits per heavy atom. The van der Waals surface area contributed by atoms with Crippen molar-refractivity contribution in [3.05, 3.63) is 35.4 Å². The maximum Gasteiger partial charge on any atom is 0.384 e. The van der Waals surface area contributed by atoms with Crippen molar-refractivity contribution in [1.82, 2.24) is 0 Å². The topological polar surface area (TPSA) is 40.9 Å². The lowest BCUT2D eigenvalue weighted by Crippen LogP contribution is -2.21. The van der Waals surface area contributed by atoms with E-state index in [1.54, 1.807) is 6.07 Å². The summed E-state index contributed by atoms with van der Waals surface area (Å²) in [6.07, 6.45) is 0. The molecule has 0 saturated heterocycles. The van der Waals surface area contributed by atoms with Gasteiger partial charge in [-0.1, -0.05) is 12.1 Å². The Hall–Kier alpha value is -1.47. The molecule has 0 bridgehead atoms.